The van der Waals surface area contributed by atoms with Crippen molar-refractivity contribution in [2.45, 2.75) is 110 Å². The number of rotatable bonds is 23. The molecule has 0 aliphatic carbocycles. The summed E-state index contributed by atoms with van der Waals surface area (Å²) in [6, 6.07) is 14.1. The van der Waals surface area contributed by atoms with Crippen LogP contribution in [0.1, 0.15) is 117 Å². The van der Waals surface area contributed by atoms with Gasteiger partial charge < -0.3 is 41.6 Å². The summed E-state index contributed by atoms with van der Waals surface area (Å²) in [6.07, 6.45) is 5.34. The molecule has 14 heteroatoms. The maximum Gasteiger partial charge on any atom is 0.226 e. The number of nitriles is 1. The van der Waals surface area contributed by atoms with Crippen LogP contribution < -0.4 is 36.7 Å². The number of hydrogen-bond donors (Lipinski definition) is 4. The number of aryl methyl sites for hydroxylation is 2. The van der Waals surface area contributed by atoms with Crippen LogP contribution in [0.15, 0.2) is 48.5 Å². The molecule has 7 N–H and O–H groups in total. The van der Waals surface area contributed by atoms with Crippen molar-refractivity contribution < 1.29 is 38.2 Å². The number of unbranched alkanes of at least 4 members (excludes halogenated alkanes) is 4. The fraction of sp³-hybridized carbons (Fsp3) is 0.520. The second-order valence-corrected chi connectivity index (χ2v) is 16.8. The predicted molar refractivity (Wildman–Crippen MR) is 247 cm³/mol. The molecule has 14 nitrogen and oxygen atoms in total. The highest BCUT2D eigenvalue weighted by Gasteiger charge is 2.36. The van der Waals surface area contributed by atoms with Gasteiger partial charge in [0, 0.05) is 74.3 Å². The largest absolute Gasteiger partial charge is 0.494 e. The molecule has 0 unspecified atom stereocenters. The number of ether oxygens (including phenoxy) is 3. The Balaban J connectivity index is 1.78. The van der Waals surface area contributed by atoms with Crippen molar-refractivity contribution in [3.8, 4) is 34.4 Å². The molecule has 4 bridgehead atoms. The van der Waals surface area contributed by atoms with E-state index in [4.69, 9.17) is 31.4 Å². The Morgan fingerprint density at radius 1 is 0.844 bits per heavy atom. The molecule has 2 amide bonds. The molecule has 0 saturated carbocycles. The first-order chi connectivity index (χ1) is 30.8. The standard InChI is InChI=1S/C50H68N6O8/c1-6-7-8-9-10-22-62-38-25-32(2)47(33(3)26-38)43(58)31-37(17-19-52)50(61)56(5)48-36-14-16-46(64-24-21-54)40(30-36)39-28-35(13-15-45(39)63-23-20-53)29-41(42(57)12-11-18-51)55-49(60)34(4)27-44(48)59/h13-16,25-26,28,30,34,37,41,48H,6-12,17,19-24,27,29,31,52-54H2,1-5H3,(H,55,60)/t34-,37-,41+,48+/m1/s1. The van der Waals surface area contributed by atoms with Crippen LogP contribution in [0.4, 0.5) is 0 Å². The molecular formula is C50H68N6O8. The summed E-state index contributed by atoms with van der Waals surface area (Å²) in [5.74, 6) is -2.19. The molecule has 346 valence electrons. The van der Waals surface area contributed by atoms with Crippen LogP contribution >= 0.6 is 0 Å². The van der Waals surface area contributed by atoms with Crippen LogP contribution in [-0.4, -0.2) is 86.6 Å². The summed E-state index contributed by atoms with van der Waals surface area (Å²) in [4.78, 5) is 72.2. The van der Waals surface area contributed by atoms with E-state index < -0.39 is 41.5 Å². The molecule has 3 aromatic carbocycles. The van der Waals surface area contributed by atoms with Gasteiger partial charge in [0.2, 0.25) is 11.8 Å². The third-order valence-corrected chi connectivity index (χ3v) is 11.6. The van der Waals surface area contributed by atoms with Gasteiger partial charge in [-0.25, -0.2) is 0 Å². The van der Waals surface area contributed by atoms with Crippen LogP contribution in [0.3, 0.4) is 0 Å². The number of nitrogens with two attached hydrogens (primary N) is 3. The zero-order valence-corrected chi connectivity index (χ0v) is 38.3. The third-order valence-electron chi connectivity index (χ3n) is 11.6. The topological polar surface area (TPSA) is 230 Å². The Bertz CT molecular complexity index is 2110. The highest BCUT2D eigenvalue weighted by atomic mass is 16.5. The zero-order chi connectivity index (χ0) is 46.8. The monoisotopic (exact) mass is 881 g/mol. The van der Waals surface area contributed by atoms with Crippen LogP contribution in [0, 0.1) is 37.0 Å². The summed E-state index contributed by atoms with van der Waals surface area (Å²) in [5.41, 5.74) is 22.0. The molecule has 1 heterocycles. The average molecular weight is 881 g/mol. The number of carbonyl (C=O) groups is 5. The van der Waals surface area contributed by atoms with Crippen molar-refractivity contribution in [3.05, 3.63) is 76.3 Å². The Morgan fingerprint density at radius 3 is 2.11 bits per heavy atom. The van der Waals surface area contributed by atoms with Gasteiger partial charge >= 0.3 is 0 Å². The zero-order valence-electron chi connectivity index (χ0n) is 38.3. The molecule has 0 radical (unpaired) electrons. The van der Waals surface area contributed by atoms with E-state index in [-0.39, 0.29) is 82.9 Å². The predicted octanol–water partition coefficient (Wildman–Crippen LogP) is 6.24. The van der Waals surface area contributed by atoms with Crippen molar-refractivity contribution in [1.29, 1.82) is 5.26 Å². The first-order valence-electron chi connectivity index (χ1n) is 22.7. The van der Waals surface area contributed by atoms with Crippen molar-refractivity contribution >= 4 is 29.2 Å². The quantitative estimate of drug-likeness (QED) is 0.0613. The molecule has 1 aliphatic rings. The van der Waals surface area contributed by atoms with Crippen LogP contribution in [-0.2, 0) is 25.6 Å². The van der Waals surface area contributed by atoms with Crippen molar-refractivity contribution in [2.75, 3.05) is 46.5 Å². The molecule has 64 heavy (non-hydrogen) atoms. The molecule has 3 aromatic rings. The van der Waals surface area contributed by atoms with E-state index in [1.54, 1.807) is 37.3 Å². The Hall–Kier alpha value is -5.62. The van der Waals surface area contributed by atoms with Gasteiger partial charge in [0.25, 0.3) is 0 Å². The van der Waals surface area contributed by atoms with Crippen molar-refractivity contribution in [3.63, 3.8) is 0 Å². The van der Waals surface area contributed by atoms with Crippen molar-refractivity contribution in [2.24, 2.45) is 29.0 Å². The lowest BCUT2D eigenvalue weighted by Gasteiger charge is -2.32. The number of benzene rings is 3. The van der Waals surface area contributed by atoms with Gasteiger partial charge in [-0.3, -0.25) is 24.0 Å². The van der Waals surface area contributed by atoms with Gasteiger partial charge in [-0.15, -0.1) is 0 Å². The summed E-state index contributed by atoms with van der Waals surface area (Å²) < 4.78 is 18.3. The lowest BCUT2D eigenvalue weighted by molar-refractivity contribution is -0.142. The molecular weight excluding hydrogens is 813 g/mol. The van der Waals surface area contributed by atoms with E-state index in [1.165, 1.54) is 31.2 Å². The Morgan fingerprint density at radius 2 is 1.48 bits per heavy atom. The highest BCUT2D eigenvalue weighted by molar-refractivity contribution is 6.02. The molecule has 0 fully saturated rings. The number of nitrogens with one attached hydrogen (secondary N) is 1. The number of amides is 2. The molecule has 4 atom stereocenters. The van der Waals surface area contributed by atoms with Gasteiger partial charge in [0.15, 0.2) is 17.3 Å². The lowest BCUT2D eigenvalue weighted by Crippen LogP contribution is -2.46. The SMILES string of the molecule is CCCCCCCOc1cc(C)c(C(=O)C[C@@H](CCN)C(=O)N(C)[C@@H]2C(=O)C[C@@H](C)C(=O)N[C@H](C(=O)CCC#N)Cc3ccc(OCCN)c(c3)-c3cc2ccc3OCCN)c(C)c1. The molecule has 1 aliphatic heterocycles. The van der Waals surface area contributed by atoms with Crippen molar-refractivity contribution in [1.82, 2.24) is 10.2 Å². The van der Waals surface area contributed by atoms with E-state index >= 15 is 0 Å². The second kappa shape index (κ2) is 25.6. The number of nitrogens with zero attached hydrogens (tertiary/aromatic N) is 2. The maximum atomic E-state index is 14.8. The number of hydrogen-bond acceptors (Lipinski definition) is 12. The average Bonchev–Trinajstić information content (AvgIpc) is 3.27. The van der Waals surface area contributed by atoms with E-state index in [2.05, 4.69) is 12.2 Å². The lowest BCUT2D eigenvalue weighted by atomic mass is 9.87. The van der Waals surface area contributed by atoms with Crippen LogP contribution in [0.5, 0.6) is 17.2 Å². The minimum Gasteiger partial charge on any atom is -0.494 e. The number of ketones is 3. The van der Waals surface area contributed by atoms with E-state index in [0.29, 0.717) is 51.7 Å². The summed E-state index contributed by atoms with van der Waals surface area (Å²) in [6.45, 7) is 8.99. The maximum absolute atomic E-state index is 14.8. The fourth-order valence-corrected chi connectivity index (χ4v) is 8.31. The molecule has 0 aromatic heterocycles. The summed E-state index contributed by atoms with van der Waals surface area (Å²) in [5, 5.41) is 12.1. The second-order valence-electron chi connectivity index (χ2n) is 16.8. The van der Waals surface area contributed by atoms with Gasteiger partial charge in [0.1, 0.15) is 36.5 Å². The van der Waals surface area contributed by atoms with E-state index in [9.17, 15) is 29.2 Å². The highest BCUT2D eigenvalue weighted by Crippen LogP contribution is 2.41. The molecule has 4 rings (SSSR count). The summed E-state index contributed by atoms with van der Waals surface area (Å²) in [7, 11) is 1.52. The number of likely N-dealkylation sites (N-methyl/N-ethyl adjacent to an activating group) is 1. The summed E-state index contributed by atoms with van der Waals surface area (Å²) >= 11 is 0. The third kappa shape index (κ3) is 13.9. The normalized spacial score (nSPS) is 16.8. The number of carbonyl (C=O) groups excluding carboxylic acids is 5. The van der Waals surface area contributed by atoms with Gasteiger partial charge in [-0.2, -0.15) is 5.26 Å². The number of Topliss-reactive ketones (excluding diaryl/α,β-unsaturated/α-hetero) is 3. The van der Waals surface area contributed by atoms with Crippen LogP contribution in [0.2, 0.25) is 0 Å². The smallest absolute Gasteiger partial charge is 0.226 e. The van der Waals surface area contributed by atoms with E-state index in [0.717, 1.165) is 24.0 Å². The van der Waals surface area contributed by atoms with Gasteiger partial charge in [0.05, 0.1) is 18.7 Å². The van der Waals surface area contributed by atoms with E-state index in [1.807, 2.05) is 38.1 Å². The Labute approximate surface area is 378 Å². The van der Waals surface area contributed by atoms with Crippen LogP contribution in [0.25, 0.3) is 11.1 Å². The minimum atomic E-state index is -1.21. The fourth-order valence-electron chi connectivity index (χ4n) is 8.31. The molecule has 0 spiro atoms. The Kier molecular flexibility index (Phi) is 20.4. The first-order valence-corrected chi connectivity index (χ1v) is 22.7. The minimum absolute atomic E-state index is 0.0243. The molecule has 0 saturated heterocycles. The number of fused-ring (bicyclic) bond motifs is 5. The van der Waals surface area contributed by atoms with Gasteiger partial charge in [-0.1, -0.05) is 51.7 Å². The van der Waals surface area contributed by atoms with Gasteiger partial charge in [-0.05, 0) is 98.3 Å². The first kappa shape index (κ1) is 51.0.